The highest BCUT2D eigenvalue weighted by Gasteiger charge is 2.32. The summed E-state index contributed by atoms with van der Waals surface area (Å²) in [6.07, 6.45) is 2.49. The Morgan fingerprint density at radius 3 is 2.29 bits per heavy atom. The van der Waals surface area contributed by atoms with Gasteiger partial charge in [-0.1, -0.05) is 13.8 Å². The number of rotatable bonds is 2. The van der Waals surface area contributed by atoms with Crippen molar-refractivity contribution in [2.45, 2.75) is 65.1 Å². The zero-order chi connectivity index (χ0) is 10.8. The molecule has 1 rings (SSSR count). The molecule has 2 heteroatoms. The third-order valence-corrected chi connectivity index (χ3v) is 3.33. The molecule has 0 aliphatic carbocycles. The number of piperazine rings is 1. The zero-order valence-corrected chi connectivity index (χ0v) is 10.4. The maximum atomic E-state index is 3.63. The Morgan fingerprint density at radius 1 is 1.21 bits per heavy atom. The molecular formula is C12H26N2. The smallest absolute Gasteiger partial charge is 0.0223 e. The van der Waals surface area contributed by atoms with Crippen LogP contribution < -0.4 is 5.32 Å². The van der Waals surface area contributed by atoms with Crippen LogP contribution in [0.3, 0.4) is 0 Å². The van der Waals surface area contributed by atoms with E-state index >= 15 is 0 Å². The SMILES string of the molecule is CCC1CN(C(C)(C)C)C(CC)CN1. The van der Waals surface area contributed by atoms with Gasteiger partial charge in [0.1, 0.15) is 0 Å². The number of hydrogen-bond donors (Lipinski definition) is 1. The lowest BCUT2D eigenvalue weighted by molar-refractivity contribution is 0.0387. The molecule has 0 amide bonds. The van der Waals surface area contributed by atoms with Gasteiger partial charge < -0.3 is 5.32 Å². The van der Waals surface area contributed by atoms with Crippen LogP contribution >= 0.6 is 0 Å². The summed E-state index contributed by atoms with van der Waals surface area (Å²) in [4.78, 5) is 2.66. The third-order valence-electron chi connectivity index (χ3n) is 3.33. The minimum atomic E-state index is 0.316. The molecule has 0 saturated carbocycles. The van der Waals surface area contributed by atoms with Crippen LogP contribution in [0.25, 0.3) is 0 Å². The van der Waals surface area contributed by atoms with E-state index < -0.39 is 0 Å². The van der Waals surface area contributed by atoms with Crippen molar-refractivity contribution in [3.63, 3.8) is 0 Å². The van der Waals surface area contributed by atoms with Crippen molar-refractivity contribution in [3.05, 3.63) is 0 Å². The van der Waals surface area contributed by atoms with Gasteiger partial charge in [0.15, 0.2) is 0 Å². The molecular weight excluding hydrogens is 172 g/mol. The van der Waals surface area contributed by atoms with Crippen molar-refractivity contribution >= 4 is 0 Å². The molecule has 1 aliphatic rings. The van der Waals surface area contributed by atoms with Crippen molar-refractivity contribution in [1.82, 2.24) is 10.2 Å². The molecule has 1 saturated heterocycles. The van der Waals surface area contributed by atoms with Crippen LogP contribution in [0.15, 0.2) is 0 Å². The third kappa shape index (κ3) is 2.71. The predicted octanol–water partition coefficient (Wildman–Crippen LogP) is 2.25. The highest BCUT2D eigenvalue weighted by atomic mass is 15.3. The zero-order valence-electron chi connectivity index (χ0n) is 10.4. The minimum Gasteiger partial charge on any atom is -0.311 e. The standard InChI is InChI=1S/C12H26N2/c1-6-10-9-14(12(3,4)5)11(7-2)8-13-10/h10-11,13H,6-9H2,1-5H3. The molecule has 1 heterocycles. The molecule has 0 aromatic rings. The Hall–Kier alpha value is -0.0800. The second kappa shape index (κ2) is 4.63. The van der Waals surface area contributed by atoms with Gasteiger partial charge in [-0.2, -0.15) is 0 Å². The molecule has 0 spiro atoms. The minimum absolute atomic E-state index is 0.316. The summed E-state index contributed by atoms with van der Waals surface area (Å²) in [7, 11) is 0. The molecule has 0 radical (unpaired) electrons. The molecule has 0 aromatic heterocycles. The van der Waals surface area contributed by atoms with Gasteiger partial charge in [-0.3, -0.25) is 4.90 Å². The van der Waals surface area contributed by atoms with Crippen molar-refractivity contribution < 1.29 is 0 Å². The van der Waals surface area contributed by atoms with Crippen LogP contribution in [0.4, 0.5) is 0 Å². The van der Waals surface area contributed by atoms with E-state index in [1.807, 2.05) is 0 Å². The van der Waals surface area contributed by atoms with E-state index in [2.05, 4.69) is 44.8 Å². The first kappa shape index (κ1) is 12.0. The topological polar surface area (TPSA) is 15.3 Å². The van der Waals surface area contributed by atoms with Crippen LogP contribution in [0.1, 0.15) is 47.5 Å². The molecule has 1 N–H and O–H groups in total. The van der Waals surface area contributed by atoms with Gasteiger partial charge in [0, 0.05) is 30.7 Å². The van der Waals surface area contributed by atoms with Crippen LogP contribution in [-0.2, 0) is 0 Å². The fourth-order valence-electron chi connectivity index (χ4n) is 2.32. The molecule has 0 bridgehead atoms. The summed E-state index contributed by atoms with van der Waals surface area (Å²) in [5, 5.41) is 3.63. The van der Waals surface area contributed by atoms with Crippen molar-refractivity contribution in [3.8, 4) is 0 Å². The summed E-state index contributed by atoms with van der Waals surface area (Å²) in [6, 6.07) is 1.41. The Kier molecular flexibility index (Phi) is 3.96. The molecule has 1 fully saturated rings. The maximum absolute atomic E-state index is 3.63. The Bertz CT molecular complexity index is 172. The first-order valence-electron chi connectivity index (χ1n) is 5.99. The van der Waals surface area contributed by atoms with Gasteiger partial charge in [-0.15, -0.1) is 0 Å². The van der Waals surface area contributed by atoms with E-state index in [9.17, 15) is 0 Å². The Morgan fingerprint density at radius 2 is 1.86 bits per heavy atom. The fraction of sp³-hybridized carbons (Fsp3) is 1.00. The van der Waals surface area contributed by atoms with Crippen LogP contribution in [-0.4, -0.2) is 35.6 Å². The van der Waals surface area contributed by atoms with Crippen LogP contribution in [0.5, 0.6) is 0 Å². The lowest BCUT2D eigenvalue weighted by Gasteiger charge is -2.47. The van der Waals surface area contributed by atoms with E-state index in [1.165, 1.54) is 19.4 Å². The average Bonchev–Trinajstić information content (AvgIpc) is 2.15. The quantitative estimate of drug-likeness (QED) is 0.732. The van der Waals surface area contributed by atoms with Crippen LogP contribution in [0, 0.1) is 0 Å². The van der Waals surface area contributed by atoms with Gasteiger partial charge >= 0.3 is 0 Å². The van der Waals surface area contributed by atoms with Gasteiger partial charge in [0.05, 0.1) is 0 Å². The first-order valence-corrected chi connectivity index (χ1v) is 5.99. The molecule has 84 valence electrons. The van der Waals surface area contributed by atoms with Crippen molar-refractivity contribution in [2.24, 2.45) is 0 Å². The molecule has 14 heavy (non-hydrogen) atoms. The summed E-state index contributed by atoms with van der Waals surface area (Å²) < 4.78 is 0. The molecule has 0 aromatic carbocycles. The van der Waals surface area contributed by atoms with E-state index in [-0.39, 0.29) is 0 Å². The van der Waals surface area contributed by atoms with Crippen LogP contribution in [0.2, 0.25) is 0 Å². The normalized spacial score (nSPS) is 30.6. The Balaban J connectivity index is 2.65. The lowest BCUT2D eigenvalue weighted by Crippen LogP contribution is -2.61. The highest BCUT2D eigenvalue weighted by Crippen LogP contribution is 2.22. The van der Waals surface area contributed by atoms with Gasteiger partial charge in [0.25, 0.3) is 0 Å². The van der Waals surface area contributed by atoms with Gasteiger partial charge in [-0.25, -0.2) is 0 Å². The molecule has 2 atom stereocenters. The summed E-state index contributed by atoms with van der Waals surface area (Å²) in [5.74, 6) is 0. The monoisotopic (exact) mass is 198 g/mol. The second-order valence-electron chi connectivity index (χ2n) is 5.40. The first-order chi connectivity index (χ1) is 6.49. The second-order valence-corrected chi connectivity index (χ2v) is 5.40. The highest BCUT2D eigenvalue weighted by molar-refractivity contribution is 4.91. The van der Waals surface area contributed by atoms with Crippen molar-refractivity contribution in [1.29, 1.82) is 0 Å². The maximum Gasteiger partial charge on any atom is 0.0223 e. The summed E-state index contributed by atoms with van der Waals surface area (Å²) in [6.45, 7) is 13.9. The van der Waals surface area contributed by atoms with E-state index in [1.54, 1.807) is 0 Å². The van der Waals surface area contributed by atoms with Crippen molar-refractivity contribution in [2.75, 3.05) is 13.1 Å². The van der Waals surface area contributed by atoms with E-state index in [0.717, 1.165) is 12.6 Å². The Labute approximate surface area is 89.1 Å². The number of nitrogens with one attached hydrogen (secondary N) is 1. The predicted molar refractivity (Wildman–Crippen MR) is 62.6 cm³/mol. The average molecular weight is 198 g/mol. The summed E-state index contributed by atoms with van der Waals surface area (Å²) in [5.41, 5.74) is 0.316. The number of nitrogens with zero attached hydrogens (tertiary/aromatic N) is 1. The summed E-state index contributed by atoms with van der Waals surface area (Å²) >= 11 is 0. The lowest BCUT2D eigenvalue weighted by atomic mass is 9.96. The molecule has 2 nitrogen and oxygen atoms in total. The van der Waals surface area contributed by atoms with Gasteiger partial charge in [-0.05, 0) is 33.6 Å². The largest absolute Gasteiger partial charge is 0.311 e. The van der Waals surface area contributed by atoms with E-state index in [0.29, 0.717) is 11.6 Å². The fourth-order valence-corrected chi connectivity index (χ4v) is 2.32. The number of hydrogen-bond acceptors (Lipinski definition) is 2. The molecule has 1 aliphatic heterocycles. The van der Waals surface area contributed by atoms with Gasteiger partial charge in [0.2, 0.25) is 0 Å². The molecule has 2 unspecified atom stereocenters. The van der Waals surface area contributed by atoms with E-state index in [4.69, 9.17) is 0 Å².